The fourth-order valence-electron chi connectivity index (χ4n) is 3.16. The average molecular weight is 367 g/mol. The van der Waals surface area contributed by atoms with E-state index in [4.69, 9.17) is 4.74 Å². The fourth-order valence-corrected chi connectivity index (χ4v) is 3.16. The van der Waals surface area contributed by atoms with Crippen molar-refractivity contribution in [1.29, 1.82) is 0 Å². The molecule has 2 rings (SSSR count). The lowest BCUT2D eigenvalue weighted by atomic mass is 9.90. The first-order valence-electron chi connectivity index (χ1n) is 9.27. The maximum Gasteiger partial charge on any atom is 0.339 e. The van der Waals surface area contributed by atoms with Gasteiger partial charge in [-0.05, 0) is 86.1 Å². The van der Waals surface area contributed by atoms with E-state index in [9.17, 15) is 9.59 Å². The topological polar surface area (TPSA) is 55.4 Å². The van der Waals surface area contributed by atoms with Crippen molar-refractivity contribution in [3.05, 3.63) is 63.2 Å². The zero-order valence-electron chi connectivity index (χ0n) is 17.3. The van der Waals surface area contributed by atoms with Gasteiger partial charge < -0.3 is 10.1 Å². The molecule has 1 amide bonds. The first-order valence-corrected chi connectivity index (χ1v) is 9.27. The molecule has 27 heavy (non-hydrogen) atoms. The van der Waals surface area contributed by atoms with E-state index >= 15 is 0 Å². The zero-order chi connectivity index (χ0) is 20.3. The molecule has 1 N–H and O–H groups in total. The highest BCUT2D eigenvalue weighted by molar-refractivity contribution is 5.97. The largest absolute Gasteiger partial charge is 0.452 e. The van der Waals surface area contributed by atoms with E-state index in [1.54, 1.807) is 0 Å². The molecule has 0 heterocycles. The summed E-state index contributed by atoms with van der Waals surface area (Å²) >= 11 is 0. The Morgan fingerprint density at radius 2 is 1.33 bits per heavy atom. The van der Waals surface area contributed by atoms with Crippen LogP contribution in [0.15, 0.2) is 24.3 Å². The van der Waals surface area contributed by atoms with Gasteiger partial charge in [0, 0.05) is 5.69 Å². The third-order valence-electron chi connectivity index (χ3n) is 5.40. The number of hydrogen-bond acceptors (Lipinski definition) is 3. The van der Waals surface area contributed by atoms with Crippen LogP contribution in [0, 0.1) is 34.6 Å². The monoisotopic (exact) mass is 367 g/mol. The van der Waals surface area contributed by atoms with E-state index in [1.165, 1.54) is 11.1 Å². The Labute approximate surface area is 161 Å². The number of benzene rings is 2. The standard InChI is InChI=1S/C23H29NO3/c1-13(2)19-8-10-20(11-9-19)24-21(25)12-27-23(26)22-17(6)15(4)14(3)16(5)18(22)7/h8-11,13H,12H2,1-7H3,(H,24,25). The van der Waals surface area contributed by atoms with Crippen LogP contribution in [0.3, 0.4) is 0 Å². The molecule has 0 aliphatic carbocycles. The molecule has 4 heteroatoms. The number of anilines is 1. The van der Waals surface area contributed by atoms with Crippen molar-refractivity contribution in [2.45, 2.75) is 54.4 Å². The number of hydrogen-bond donors (Lipinski definition) is 1. The molecule has 2 aromatic carbocycles. The van der Waals surface area contributed by atoms with Gasteiger partial charge in [-0.1, -0.05) is 26.0 Å². The van der Waals surface area contributed by atoms with Gasteiger partial charge in [0.2, 0.25) is 0 Å². The second-order valence-electron chi connectivity index (χ2n) is 7.40. The minimum Gasteiger partial charge on any atom is -0.452 e. The van der Waals surface area contributed by atoms with Gasteiger partial charge in [-0.2, -0.15) is 0 Å². The van der Waals surface area contributed by atoms with Crippen LogP contribution in [0.25, 0.3) is 0 Å². The van der Waals surface area contributed by atoms with Gasteiger partial charge in [-0.25, -0.2) is 4.79 Å². The summed E-state index contributed by atoms with van der Waals surface area (Å²) in [6.45, 7) is 13.8. The van der Waals surface area contributed by atoms with E-state index in [1.807, 2.05) is 52.0 Å². The van der Waals surface area contributed by atoms with Crippen molar-refractivity contribution in [3.8, 4) is 0 Å². The summed E-state index contributed by atoms with van der Waals surface area (Å²) in [5.41, 5.74) is 7.62. The molecule has 0 aliphatic rings. The SMILES string of the molecule is Cc1c(C)c(C)c(C(=O)OCC(=O)Nc2ccc(C(C)C)cc2)c(C)c1C. The summed E-state index contributed by atoms with van der Waals surface area (Å²) in [6, 6.07) is 7.68. The summed E-state index contributed by atoms with van der Waals surface area (Å²) in [6.07, 6.45) is 0. The van der Waals surface area contributed by atoms with E-state index < -0.39 is 5.97 Å². The molecule has 0 aromatic heterocycles. The first kappa shape index (κ1) is 20.7. The van der Waals surface area contributed by atoms with E-state index in [2.05, 4.69) is 26.1 Å². The molecule has 0 aliphatic heterocycles. The van der Waals surface area contributed by atoms with Crippen LogP contribution in [0.1, 0.15) is 63.5 Å². The minimum atomic E-state index is -0.457. The average Bonchev–Trinajstić information content (AvgIpc) is 2.63. The van der Waals surface area contributed by atoms with E-state index in [-0.39, 0.29) is 12.5 Å². The molecule has 4 nitrogen and oxygen atoms in total. The summed E-state index contributed by atoms with van der Waals surface area (Å²) in [5, 5.41) is 2.76. The molecule has 0 saturated carbocycles. The van der Waals surface area contributed by atoms with Gasteiger partial charge in [0.05, 0.1) is 5.56 Å². The van der Waals surface area contributed by atoms with Crippen molar-refractivity contribution >= 4 is 17.6 Å². The zero-order valence-corrected chi connectivity index (χ0v) is 17.3. The Bertz CT molecular complexity index is 835. The number of amides is 1. The molecule has 0 bridgehead atoms. The third-order valence-corrected chi connectivity index (χ3v) is 5.40. The fraction of sp³-hybridized carbons (Fsp3) is 0.391. The maximum atomic E-state index is 12.6. The molecule has 0 atom stereocenters. The van der Waals surface area contributed by atoms with E-state index in [0.717, 1.165) is 22.3 Å². The number of carbonyl (C=O) groups is 2. The van der Waals surface area contributed by atoms with Gasteiger partial charge in [0.1, 0.15) is 0 Å². The lowest BCUT2D eigenvalue weighted by molar-refractivity contribution is -0.119. The van der Waals surface area contributed by atoms with E-state index in [0.29, 0.717) is 17.2 Å². The molecule has 0 spiro atoms. The second kappa shape index (κ2) is 8.38. The molecule has 2 aromatic rings. The normalized spacial score (nSPS) is 10.8. The maximum absolute atomic E-state index is 12.6. The van der Waals surface area contributed by atoms with Crippen LogP contribution >= 0.6 is 0 Å². The molecule has 0 fully saturated rings. The van der Waals surface area contributed by atoms with Gasteiger partial charge in [-0.15, -0.1) is 0 Å². The summed E-state index contributed by atoms with van der Waals surface area (Å²) in [4.78, 5) is 24.7. The first-order chi connectivity index (χ1) is 12.6. The minimum absolute atomic E-state index is 0.310. The second-order valence-corrected chi connectivity index (χ2v) is 7.40. The van der Waals surface area contributed by atoms with Crippen LogP contribution in [-0.2, 0) is 9.53 Å². The molecule has 144 valence electrons. The Kier molecular flexibility index (Phi) is 6.42. The predicted octanol–water partition coefficient (Wildman–Crippen LogP) is 5.15. The lowest BCUT2D eigenvalue weighted by Gasteiger charge is -2.17. The highest BCUT2D eigenvalue weighted by Crippen LogP contribution is 2.26. The van der Waals surface area contributed by atoms with Crippen LogP contribution in [0.2, 0.25) is 0 Å². The molecule has 0 unspecified atom stereocenters. The van der Waals surface area contributed by atoms with Gasteiger partial charge in [0.25, 0.3) is 5.91 Å². The van der Waals surface area contributed by atoms with Crippen molar-refractivity contribution in [3.63, 3.8) is 0 Å². The van der Waals surface area contributed by atoms with Crippen molar-refractivity contribution < 1.29 is 14.3 Å². The van der Waals surface area contributed by atoms with Crippen LogP contribution in [-0.4, -0.2) is 18.5 Å². The van der Waals surface area contributed by atoms with Gasteiger partial charge in [0.15, 0.2) is 6.61 Å². The Morgan fingerprint density at radius 1 is 0.852 bits per heavy atom. The number of ether oxygens (including phenoxy) is 1. The Hall–Kier alpha value is -2.62. The van der Waals surface area contributed by atoms with Crippen molar-refractivity contribution in [1.82, 2.24) is 0 Å². The number of nitrogens with one attached hydrogen (secondary N) is 1. The third kappa shape index (κ3) is 4.57. The number of rotatable bonds is 5. The molecular weight excluding hydrogens is 338 g/mol. The quantitative estimate of drug-likeness (QED) is 0.744. The van der Waals surface area contributed by atoms with Crippen LogP contribution in [0.5, 0.6) is 0 Å². The smallest absolute Gasteiger partial charge is 0.339 e. The van der Waals surface area contributed by atoms with Gasteiger partial charge >= 0.3 is 5.97 Å². The highest BCUT2D eigenvalue weighted by atomic mass is 16.5. The van der Waals surface area contributed by atoms with Crippen LogP contribution in [0.4, 0.5) is 5.69 Å². The van der Waals surface area contributed by atoms with Crippen LogP contribution < -0.4 is 5.32 Å². The number of carbonyl (C=O) groups excluding carboxylic acids is 2. The summed E-state index contributed by atoms with van der Waals surface area (Å²) < 4.78 is 5.28. The predicted molar refractivity (Wildman–Crippen MR) is 110 cm³/mol. The lowest BCUT2D eigenvalue weighted by Crippen LogP contribution is -2.22. The van der Waals surface area contributed by atoms with Gasteiger partial charge in [-0.3, -0.25) is 4.79 Å². The van der Waals surface area contributed by atoms with Crippen molar-refractivity contribution in [2.75, 3.05) is 11.9 Å². The number of esters is 1. The van der Waals surface area contributed by atoms with Crippen molar-refractivity contribution in [2.24, 2.45) is 0 Å². The highest BCUT2D eigenvalue weighted by Gasteiger charge is 2.20. The summed E-state index contributed by atoms with van der Waals surface area (Å²) in [5.74, 6) is -0.373. The molecular formula is C23H29NO3. The summed E-state index contributed by atoms with van der Waals surface area (Å²) in [7, 11) is 0. The Morgan fingerprint density at radius 3 is 1.81 bits per heavy atom. The Balaban J connectivity index is 2.04. The molecule has 0 saturated heterocycles. The molecule has 0 radical (unpaired) electrons.